The summed E-state index contributed by atoms with van der Waals surface area (Å²) in [4.78, 5) is 29.5. The first-order chi connectivity index (χ1) is 14.4. The fraction of sp³-hybridized carbons (Fsp3) is 0.250. The van der Waals surface area contributed by atoms with Crippen LogP contribution < -0.4 is 10.2 Å². The molecule has 6 heteroatoms. The van der Waals surface area contributed by atoms with Crippen molar-refractivity contribution in [3.05, 3.63) is 82.0 Å². The fourth-order valence-electron chi connectivity index (χ4n) is 3.44. The number of anilines is 2. The number of rotatable bonds is 7. The smallest absolute Gasteiger partial charge is 0.265 e. The minimum absolute atomic E-state index is 0.00378. The molecule has 30 heavy (non-hydrogen) atoms. The van der Waals surface area contributed by atoms with Crippen LogP contribution in [0.25, 0.3) is 0 Å². The van der Waals surface area contributed by atoms with E-state index in [1.165, 1.54) is 11.3 Å². The average Bonchev–Trinajstić information content (AvgIpc) is 3.27. The molecular weight excluding hydrogens is 394 g/mol. The van der Waals surface area contributed by atoms with Crippen LogP contribution in [0.5, 0.6) is 0 Å². The Labute approximate surface area is 181 Å². The molecular formula is C24H27N3O2S. The van der Waals surface area contributed by atoms with Crippen LogP contribution >= 0.6 is 11.3 Å². The Morgan fingerprint density at radius 3 is 2.37 bits per heavy atom. The first-order valence-electron chi connectivity index (χ1n) is 9.84. The van der Waals surface area contributed by atoms with E-state index in [-0.39, 0.29) is 17.9 Å². The molecule has 0 bridgehead atoms. The third kappa shape index (κ3) is 5.07. The molecule has 2 aromatic carbocycles. The summed E-state index contributed by atoms with van der Waals surface area (Å²) in [6.45, 7) is 4.08. The Morgan fingerprint density at radius 2 is 1.77 bits per heavy atom. The molecule has 0 saturated heterocycles. The summed E-state index contributed by atoms with van der Waals surface area (Å²) < 4.78 is 0. The normalized spacial score (nSPS) is 11.6. The van der Waals surface area contributed by atoms with Gasteiger partial charge in [-0.1, -0.05) is 36.4 Å². The van der Waals surface area contributed by atoms with Gasteiger partial charge in [-0.2, -0.15) is 0 Å². The first-order valence-corrected chi connectivity index (χ1v) is 10.7. The number of hydrogen-bond acceptors (Lipinski definition) is 4. The highest BCUT2D eigenvalue weighted by Crippen LogP contribution is 2.29. The number of thiophene rings is 1. The highest BCUT2D eigenvalue weighted by Gasteiger charge is 2.21. The van der Waals surface area contributed by atoms with Crippen molar-refractivity contribution in [2.24, 2.45) is 0 Å². The second kappa shape index (κ2) is 9.59. The molecule has 2 amide bonds. The maximum absolute atomic E-state index is 12.5. The predicted octanol–water partition coefficient (Wildman–Crippen LogP) is 5.18. The van der Waals surface area contributed by atoms with E-state index in [0.717, 1.165) is 16.8 Å². The lowest BCUT2D eigenvalue weighted by Crippen LogP contribution is -2.31. The van der Waals surface area contributed by atoms with Crippen LogP contribution in [0.1, 0.15) is 40.7 Å². The van der Waals surface area contributed by atoms with Gasteiger partial charge >= 0.3 is 0 Å². The topological polar surface area (TPSA) is 52.7 Å². The predicted molar refractivity (Wildman–Crippen MR) is 124 cm³/mol. The zero-order valence-corrected chi connectivity index (χ0v) is 18.6. The molecule has 0 radical (unpaired) electrons. The van der Waals surface area contributed by atoms with Crippen LogP contribution in [0.4, 0.5) is 11.4 Å². The zero-order chi connectivity index (χ0) is 21.7. The van der Waals surface area contributed by atoms with E-state index in [2.05, 4.69) is 5.32 Å². The van der Waals surface area contributed by atoms with E-state index in [4.69, 9.17) is 0 Å². The van der Waals surface area contributed by atoms with Gasteiger partial charge in [0.05, 0.1) is 10.9 Å². The molecule has 156 valence electrons. The van der Waals surface area contributed by atoms with Crippen molar-refractivity contribution in [3.63, 3.8) is 0 Å². The van der Waals surface area contributed by atoms with Gasteiger partial charge in [0.25, 0.3) is 5.91 Å². The Morgan fingerprint density at radius 1 is 1.03 bits per heavy atom. The SMILES string of the molecule is CC(=O)N(Cc1cc(NC(=O)c2cccs2)ccc1N(C)C)[C@H](C)c1ccccc1. The minimum atomic E-state index is -0.130. The molecule has 5 nitrogen and oxygen atoms in total. The molecule has 0 fully saturated rings. The third-order valence-electron chi connectivity index (χ3n) is 5.06. The van der Waals surface area contributed by atoms with E-state index in [0.29, 0.717) is 17.1 Å². The van der Waals surface area contributed by atoms with Crippen LogP contribution in [0.2, 0.25) is 0 Å². The summed E-state index contributed by atoms with van der Waals surface area (Å²) in [6, 6.07) is 19.4. The fourth-order valence-corrected chi connectivity index (χ4v) is 4.06. The van der Waals surface area contributed by atoms with Crippen molar-refractivity contribution in [2.75, 3.05) is 24.3 Å². The van der Waals surface area contributed by atoms with Crippen molar-refractivity contribution in [1.82, 2.24) is 4.90 Å². The molecule has 0 saturated carbocycles. The number of carbonyl (C=O) groups excluding carboxylic acids is 2. The van der Waals surface area contributed by atoms with E-state index >= 15 is 0 Å². The quantitative estimate of drug-likeness (QED) is 0.572. The van der Waals surface area contributed by atoms with Crippen molar-refractivity contribution in [1.29, 1.82) is 0 Å². The number of benzene rings is 2. The highest BCUT2D eigenvalue weighted by atomic mass is 32.1. The first kappa shape index (κ1) is 21.6. The lowest BCUT2D eigenvalue weighted by molar-refractivity contribution is -0.131. The van der Waals surface area contributed by atoms with Crippen LogP contribution in [0, 0.1) is 0 Å². The average molecular weight is 422 g/mol. The van der Waals surface area contributed by atoms with Gasteiger partial charge in [-0.05, 0) is 47.7 Å². The molecule has 1 aromatic heterocycles. The van der Waals surface area contributed by atoms with Crippen molar-refractivity contribution < 1.29 is 9.59 Å². The van der Waals surface area contributed by atoms with Gasteiger partial charge in [0.2, 0.25) is 5.91 Å². The van der Waals surface area contributed by atoms with Gasteiger partial charge in [0, 0.05) is 38.9 Å². The molecule has 0 aliphatic heterocycles. The van der Waals surface area contributed by atoms with Crippen molar-refractivity contribution >= 4 is 34.5 Å². The van der Waals surface area contributed by atoms with E-state index in [9.17, 15) is 9.59 Å². The number of carbonyl (C=O) groups is 2. The van der Waals surface area contributed by atoms with Crippen LogP contribution in [0.3, 0.4) is 0 Å². The molecule has 1 N–H and O–H groups in total. The second-order valence-electron chi connectivity index (χ2n) is 7.40. The van der Waals surface area contributed by atoms with Gasteiger partial charge in [-0.25, -0.2) is 0 Å². The molecule has 0 aliphatic rings. The minimum Gasteiger partial charge on any atom is -0.377 e. The maximum Gasteiger partial charge on any atom is 0.265 e. The Bertz CT molecular complexity index is 1000. The summed E-state index contributed by atoms with van der Waals surface area (Å²) >= 11 is 1.41. The van der Waals surface area contributed by atoms with Crippen LogP contribution in [0.15, 0.2) is 66.0 Å². The second-order valence-corrected chi connectivity index (χ2v) is 8.35. The summed E-state index contributed by atoms with van der Waals surface area (Å²) in [7, 11) is 3.95. The van der Waals surface area contributed by atoms with Crippen molar-refractivity contribution in [3.8, 4) is 0 Å². The molecule has 3 rings (SSSR count). The highest BCUT2D eigenvalue weighted by molar-refractivity contribution is 7.12. The number of amides is 2. The number of nitrogens with one attached hydrogen (secondary N) is 1. The Balaban J connectivity index is 1.89. The molecule has 1 heterocycles. The summed E-state index contributed by atoms with van der Waals surface area (Å²) in [5.41, 5.74) is 3.78. The lowest BCUT2D eigenvalue weighted by Gasteiger charge is -2.30. The van der Waals surface area contributed by atoms with Gasteiger partial charge in [-0.3, -0.25) is 9.59 Å². The zero-order valence-electron chi connectivity index (χ0n) is 17.8. The summed E-state index contributed by atoms with van der Waals surface area (Å²) in [5, 5.41) is 4.84. The van der Waals surface area contributed by atoms with Crippen molar-refractivity contribution in [2.45, 2.75) is 26.4 Å². The molecule has 1 atom stereocenters. The van der Waals surface area contributed by atoms with E-state index in [1.54, 1.807) is 13.0 Å². The van der Waals surface area contributed by atoms with Gasteiger partial charge in [-0.15, -0.1) is 11.3 Å². The van der Waals surface area contributed by atoms with E-state index in [1.807, 2.05) is 90.8 Å². The summed E-state index contributed by atoms with van der Waals surface area (Å²) in [6.07, 6.45) is 0. The van der Waals surface area contributed by atoms with E-state index < -0.39 is 0 Å². The molecule has 0 unspecified atom stereocenters. The van der Waals surface area contributed by atoms with Crippen LogP contribution in [-0.2, 0) is 11.3 Å². The molecule has 0 spiro atoms. The lowest BCUT2D eigenvalue weighted by atomic mass is 10.0. The third-order valence-corrected chi connectivity index (χ3v) is 5.93. The van der Waals surface area contributed by atoms with Gasteiger partial charge in [0.1, 0.15) is 0 Å². The number of nitrogens with zero attached hydrogens (tertiary/aromatic N) is 2. The molecule has 0 aliphatic carbocycles. The number of hydrogen-bond donors (Lipinski definition) is 1. The van der Waals surface area contributed by atoms with Gasteiger partial charge in [0.15, 0.2) is 0 Å². The molecule has 3 aromatic rings. The standard InChI is InChI=1S/C24H27N3O2S/c1-17(19-9-6-5-7-10-19)27(18(2)28)16-20-15-21(12-13-22(20)26(3)4)25-24(29)23-11-8-14-30-23/h5-15,17H,16H2,1-4H3,(H,25,29)/t17-/m1/s1. The van der Waals surface area contributed by atoms with Crippen LogP contribution in [-0.4, -0.2) is 30.8 Å². The van der Waals surface area contributed by atoms with Gasteiger partial charge < -0.3 is 15.1 Å². The Hall–Kier alpha value is -3.12. The maximum atomic E-state index is 12.5. The largest absolute Gasteiger partial charge is 0.377 e. The Kier molecular flexibility index (Phi) is 6.90. The monoisotopic (exact) mass is 421 g/mol. The summed E-state index contributed by atoms with van der Waals surface area (Å²) in [5.74, 6) is -0.126.